The van der Waals surface area contributed by atoms with Gasteiger partial charge in [-0.05, 0) is 0 Å². The molecule has 0 aliphatic rings. The fourth-order valence-corrected chi connectivity index (χ4v) is 0. The monoisotopic (exact) mass is 102 g/mol. The lowest BCUT2D eigenvalue weighted by Crippen LogP contribution is -1.49. The second-order valence-corrected chi connectivity index (χ2v) is 1.27. The molecule has 0 amide bonds. The third-order valence-electron chi connectivity index (χ3n) is 0.0904. The maximum Gasteiger partial charge on any atom is 0.297 e. The number of hydrogen-bond donors (Lipinski definition) is 0. The Bertz CT molecular complexity index is 20.9. The highest BCUT2D eigenvalue weighted by atomic mass is 31.2. The van der Waals surface area contributed by atoms with Gasteiger partial charge >= 0.3 is 0 Å². The van der Waals surface area contributed by atoms with Crippen molar-refractivity contribution in [3.63, 3.8) is 0 Å². The van der Waals surface area contributed by atoms with Crippen molar-refractivity contribution in [1.29, 1.82) is 0 Å². The molecule has 0 saturated heterocycles. The van der Waals surface area contributed by atoms with E-state index in [1.807, 2.05) is 0 Å². The maximum absolute atomic E-state index is 10.5. The minimum atomic E-state index is -3.26. The molecule has 0 aliphatic heterocycles. The number of alkyl halides is 1. The summed E-state index contributed by atoms with van der Waals surface area (Å²) in [6, 6.07) is 0. The van der Waals surface area contributed by atoms with E-state index < -0.39 is 15.0 Å². The van der Waals surface area contributed by atoms with Gasteiger partial charge in [-0.3, -0.25) is 0 Å². The Morgan fingerprint density at radius 1 is 1.40 bits per heavy atom. The van der Waals surface area contributed by atoms with Crippen molar-refractivity contribution in [3.05, 3.63) is 0 Å². The molecule has 0 N–H and O–H groups in total. The maximum atomic E-state index is 10.5. The van der Waals surface area contributed by atoms with Crippen molar-refractivity contribution in [2.75, 3.05) is 6.42 Å². The molecule has 0 bridgehead atoms. The average molecular weight is 102 g/mol. The van der Waals surface area contributed by atoms with Crippen molar-refractivity contribution in [2.24, 2.45) is 0 Å². The summed E-state index contributed by atoms with van der Waals surface area (Å²) in [6.45, 7) is 0. The summed E-state index contributed by atoms with van der Waals surface area (Å²) in [5, 5.41) is 0. The van der Waals surface area contributed by atoms with Crippen LogP contribution in [0.4, 0.5) is 12.8 Å². The zero-order valence-corrected chi connectivity index (χ0v) is 3.18. The lowest BCUT2D eigenvalue weighted by Gasteiger charge is -1.76. The van der Waals surface area contributed by atoms with Gasteiger partial charge in [0.25, 0.3) is 8.54 Å². The normalized spacial score (nSPS) is 9.60. The third-order valence-corrected chi connectivity index (χ3v) is 0.271. The first-order valence-electron chi connectivity index (χ1n) is 0.922. The first-order valence-corrected chi connectivity index (χ1v) is 2.23. The molecule has 0 fully saturated rings. The second kappa shape index (κ2) is 2.46. The van der Waals surface area contributed by atoms with Crippen molar-refractivity contribution in [2.45, 2.75) is 0 Å². The van der Waals surface area contributed by atoms with Gasteiger partial charge in [0, 0.05) is 0 Å². The smallest absolute Gasteiger partial charge is 0.240 e. The molecular weight excluding hydrogens is 100.0 g/mol. The largest absolute Gasteiger partial charge is 0.297 e. The number of halogens is 3. The molecule has 32 valence electrons. The van der Waals surface area contributed by atoms with Crippen LogP contribution in [0.5, 0.6) is 0 Å². The van der Waals surface area contributed by atoms with E-state index >= 15 is 0 Å². The molecule has 0 saturated carbocycles. The highest BCUT2D eigenvalue weighted by Gasteiger charge is 1.97. The van der Waals surface area contributed by atoms with Gasteiger partial charge in [-0.1, -0.05) is 0 Å². The minimum Gasteiger partial charge on any atom is -0.240 e. The molecule has 0 aromatic carbocycles. The van der Waals surface area contributed by atoms with Gasteiger partial charge in [-0.15, -0.1) is 0 Å². The van der Waals surface area contributed by atoms with Crippen LogP contribution in [0.2, 0.25) is 0 Å². The van der Waals surface area contributed by atoms with Gasteiger partial charge in [0.1, 0.15) is 0 Å². The van der Waals surface area contributed by atoms with Crippen molar-refractivity contribution >= 4 is 8.54 Å². The van der Waals surface area contributed by atoms with E-state index in [0.717, 1.165) is 0 Å². The predicted molar refractivity (Wildman–Crippen MR) is 15.1 cm³/mol. The number of hydrogen-bond acceptors (Lipinski definition) is 0. The van der Waals surface area contributed by atoms with E-state index in [-0.39, 0.29) is 0 Å². The van der Waals surface area contributed by atoms with Gasteiger partial charge in [0.05, 0.1) is 0 Å². The summed E-state index contributed by atoms with van der Waals surface area (Å²) in [6.07, 6.45) is -1.46. The van der Waals surface area contributed by atoms with Gasteiger partial charge in [0.15, 0.2) is 6.42 Å². The summed E-state index contributed by atoms with van der Waals surface area (Å²) in [4.78, 5) is 0. The van der Waals surface area contributed by atoms with E-state index in [4.69, 9.17) is 0 Å². The molecule has 0 aromatic rings. The van der Waals surface area contributed by atoms with Crippen LogP contribution in [0.3, 0.4) is 0 Å². The molecule has 5 heavy (non-hydrogen) atoms. The summed E-state index contributed by atoms with van der Waals surface area (Å²) >= 11 is 0. The topological polar surface area (TPSA) is 0 Å². The van der Waals surface area contributed by atoms with Crippen LogP contribution >= 0.6 is 8.54 Å². The first-order chi connectivity index (χ1) is 2.27. The molecule has 0 radical (unpaired) electrons. The molecule has 0 aromatic heterocycles. The molecule has 0 nitrogen and oxygen atoms in total. The molecule has 0 aliphatic carbocycles. The van der Waals surface area contributed by atoms with E-state index in [1.165, 1.54) is 0 Å². The van der Waals surface area contributed by atoms with E-state index in [2.05, 4.69) is 0 Å². The van der Waals surface area contributed by atoms with E-state index in [9.17, 15) is 12.8 Å². The number of rotatable bonds is 1. The van der Waals surface area contributed by atoms with Crippen molar-refractivity contribution in [3.8, 4) is 0 Å². The Balaban J connectivity index is 2.54. The summed E-state index contributed by atoms with van der Waals surface area (Å²) in [7, 11) is -3.26. The molecular formula is CH2F3P. The molecule has 4 heteroatoms. The predicted octanol–water partition coefficient (Wildman–Crippen LogP) is 2.16. The fraction of sp³-hybridized carbons (Fsp3) is 1.00. The van der Waals surface area contributed by atoms with E-state index in [1.54, 1.807) is 0 Å². The molecule has 0 heterocycles. The second-order valence-electron chi connectivity index (χ2n) is 0.422. The van der Waals surface area contributed by atoms with Crippen LogP contribution in [0, 0.1) is 0 Å². The lowest BCUT2D eigenvalue weighted by molar-refractivity contribution is 0.560. The zero-order valence-electron chi connectivity index (χ0n) is 2.29. The van der Waals surface area contributed by atoms with Gasteiger partial charge in [0.2, 0.25) is 0 Å². The fourth-order valence-electron chi connectivity index (χ4n) is 0. The summed E-state index contributed by atoms with van der Waals surface area (Å²) < 4.78 is 31.3. The SMILES string of the molecule is FCP(F)F. The summed E-state index contributed by atoms with van der Waals surface area (Å²) in [5.74, 6) is 0. The van der Waals surface area contributed by atoms with Crippen LogP contribution in [-0.2, 0) is 0 Å². The van der Waals surface area contributed by atoms with E-state index in [0.29, 0.717) is 0 Å². The van der Waals surface area contributed by atoms with Crippen LogP contribution in [0.1, 0.15) is 0 Å². The third kappa shape index (κ3) is 4.22. The molecule has 0 spiro atoms. The Morgan fingerprint density at radius 2 is 1.60 bits per heavy atom. The quantitative estimate of drug-likeness (QED) is 0.445. The van der Waals surface area contributed by atoms with Gasteiger partial charge in [-0.25, -0.2) is 4.39 Å². The Kier molecular flexibility index (Phi) is 2.57. The Morgan fingerprint density at radius 3 is 1.60 bits per heavy atom. The van der Waals surface area contributed by atoms with Gasteiger partial charge in [-0.2, -0.15) is 8.39 Å². The van der Waals surface area contributed by atoms with Crippen molar-refractivity contribution < 1.29 is 12.8 Å². The standard InChI is InChI=1S/CH2F3P/c2-1-5(3)4/h1H2. The van der Waals surface area contributed by atoms with Crippen LogP contribution in [0.15, 0.2) is 0 Å². The first kappa shape index (κ1) is 5.22. The highest BCUT2D eigenvalue weighted by Crippen LogP contribution is 2.37. The zero-order chi connectivity index (χ0) is 4.28. The highest BCUT2D eigenvalue weighted by molar-refractivity contribution is 7.46. The lowest BCUT2D eigenvalue weighted by atomic mass is 11.8. The van der Waals surface area contributed by atoms with Crippen LogP contribution in [-0.4, -0.2) is 6.42 Å². The van der Waals surface area contributed by atoms with Crippen LogP contribution in [0.25, 0.3) is 0 Å². The average Bonchev–Trinajstić information content (AvgIpc) is 1.38. The summed E-state index contributed by atoms with van der Waals surface area (Å²) in [5.41, 5.74) is 0. The molecule has 0 rings (SSSR count). The molecule has 0 unspecified atom stereocenters. The Labute approximate surface area is 29.0 Å². The van der Waals surface area contributed by atoms with Crippen LogP contribution < -0.4 is 0 Å². The molecule has 0 atom stereocenters. The Hall–Kier alpha value is 0.220. The minimum absolute atomic E-state index is 1.46. The van der Waals surface area contributed by atoms with Gasteiger partial charge < -0.3 is 0 Å². The van der Waals surface area contributed by atoms with Crippen molar-refractivity contribution in [1.82, 2.24) is 0 Å².